The maximum Gasteiger partial charge on any atom is 0.303 e. The van der Waals surface area contributed by atoms with Crippen LogP contribution in [-0.2, 0) is 28.6 Å². The molecule has 1 aliphatic rings. The molecule has 12 heteroatoms. The number of ether oxygens (including phenoxy) is 3. The first-order chi connectivity index (χ1) is 14.0. The van der Waals surface area contributed by atoms with Crippen molar-refractivity contribution in [3.8, 4) is 0 Å². The van der Waals surface area contributed by atoms with Gasteiger partial charge in [0.25, 0.3) is 0 Å². The predicted molar refractivity (Wildman–Crippen MR) is 109 cm³/mol. The van der Waals surface area contributed by atoms with E-state index in [0.717, 1.165) is 13.8 Å². The number of aliphatic hydroxyl groups is 1. The normalized spacial score (nSPS) is 26.0. The molecule has 0 saturated carbocycles. The summed E-state index contributed by atoms with van der Waals surface area (Å²) in [6.07, 6.45) is -4.18. The number of fused-ring (bicyclic) bond motifs is 1. The van der Waals surface area contributed by atoms with E-state index in [1.54, 1.807) is 0 Å². The number of halogens is 3. The van der Waals surface area contributed by atoms with Gasteiger partial charge in [0.05, 0.1) is 21.1 Å². The van der Waals surface area contributed by atoms with Crippen LogP contribution in [0, 0.1) is 0 Å². The number of aromatic nitrogens is 2. The van der Waals surface area contributed by atoms with Crippen molar-refractivity contribution >= 4 is 67.9 Å². The molecule has 4 atom stereocenters. The van der Waals surface area contributed by atoms with Gasteiger partial charge in [-0.3, -0.25) is 19.0 Å². The van der Waals surface area contributed by atoms with Crippen LogP contribution in [-0.4, -0.2) is 56.8 Å². The summed E-state index contributed by atoms with van der Waals surface area (Å²) in [5.41, 5.74) is -1.04. The molecule has 2 heterocycles. The van der Waals surface area contributed by atoms with Gasteiger partial charge in [-0.15, -0.1) is 0 Å². The zero-order chi connectivity index (χ0) is 22.4. The molecule has 1 fully saturated rings. The van der Waals surface area contributed by atoms with Crippen LogP contribution in [0.25, 0.3) is 11.0 Å². The Hall–Kier alpha value is -1.72. The molecule has 0 unspecified atom stereocenters. The van der Waals surface area contributed by atoms with Gasteiger partial charge < -0.3 is 19.3 Å². The van der Waals surface area contributed by atoms with Crippen molar-refractivity contribution < 1.29 is 33.7 Å². The number of carbonyl (C=O) groups excluding carboxylic acids is 3. The Labute approximate surface area is 189 Å². The monoisotopic (exact) mass is 522 g/mol. The average Bonchev–Trinajstić information content (AvgIpc) is 3.08. The summed E-state index contributed by atoms with van der Waals surface area (Å²) < 4.78 is 17.9. The van der Waals surface area contributed by atoms with Gasteiger partial charge in [0, 0.05) is 13.8 Å². The van der Waals surface area contributed by atoms with E-state index in [1.807, 2.05) is 0 Å². The summed E-state index contributed by atoms with van der Waals surface area (Å²) in [6, 6.07) is 3.05. The van der Waals surface area contributed by atoms with Gasteiger partial charge in [0.1, 0.15) is 12.7 Å². The summed E-state index contributed by atoms with van der Waals surface area (Å²) in [4.78, 5) is 40.0. The molecule has 1 aliphatic heterocycles. The van der Waals surface area contributed by atoms with Crippen LogP contribution in [0.15, 0.2) is 16.9 Å². The van der Waals surface area contributed by atoms with E-state index in [2.05, 4.69) is 20.9 Å². The number of carbonyl (C=O) groups is 3. The molecule has 2 aromatic rings. The summed E-state index contributed by atoms with van der Waals surface area (Å²) in [5, 5.41) is 11.5. The van der Waals surface area contributed by atoms with Crippen LogP contribution < -0.4 is 0 Å². The fraction of sp³-hybridized carbons (Fsp3) is 0.444. The van der Waals surface area contributed by atoms with Crippen molar-refractivity contribution in [3.63, 3.8) is 0 Å². The van der Waals surface area contributed by atoms with Crippen molar-refractivity contribution in [2.75, 3.05) is 6.61 Å². The first-order valence-electron chi connectivity index (χ1n) is 8.68. The van der Waals surface area contributed by atoms with Gasteiger partial charge in [-0.1, -0.05) is 23.2 Å². The van der Waals surface area contributed by atoms with Gasteiger partial charge in [-0.05, 0) is 35.0 Å². The van der Waals surface area contributed by atoms with Gasteiger partial charge >= 0.3 is 11.9 Å². The molecular formula is C18H17BrCl2N2O7. The SMILES string of the molecule is CC(=O)OC[C@@]1(C(C)=O)O[C@@H](n2c(Br)nc3cc(Cl)c(Cl)cc32)[C@H](O)[C@@H]1OC(C)=O. The van der Waals surface area contributed by atoms with Crippen molar-refractivity contribution in [3.05, 3.63) is 26.9 Å². The van der Waals surface area contributed by atoms with Crippen LogP contribution in [0.3, 0.4) is 0 Å². The maximum absolute atomic E-state index is 12.6. The van der Waals surface area contributed by atoms with E-state index < -0.39 is 48.4 Å². The second-order valence-electron chi connectivity index (χ2n) is 6.76. The second kappa shape index (κ2) is 8.43. The highest BCUT2D eigenvalue weighted by Crippen LogP contribution is 2.43. The minimum Gasteiger partial charge on any atom is -0.462 e. The third-order valence-corrected chi connectivity index (χ3v) is 6.00. The summed E-state index contributed by atoms with van der Waals surface area (Å²) in [5.74, 6) is -2.02. The largest absolute Gasteiger partial charge is 0.462 e. The summed E-state index contributed by atoms with van der Waals surface area (Å²) >= 11 is 15.5. The molecule has 1 N–H and O–H groups in total. The molecular weight excluding hydrogens is 507 g/mol. The van der Waals surface area contributed by atoms with E-state index in [-0.39, 0.29) is 14.8 Å². The molecule has 3 rings (SSSR count). The van der Waals surface area contributed by atoms with Crippen LogP contribution in [0.5, 0.6) is 0 Å². The highest BCUT2D eigenvalue weighted by Gasteiger charge is 2.61. The summed E-state index contributed by atoms with van der Waals surface area (Å²) in [7, 11) is 0. The smallest absolute Gasteiger partial charge is 0.303 e. The zero-order valence-electron chi connectivity index (χ0n) is 16.0. The zero-order valence-corrected chi connectivity index (χ0v) is 19.1. The Kier molecular flexibility index (Phi) is 6.45. The van der Waals surface area contributed by atoms with Crippen molar-refractivity contribution in [1.29, 1.82) is 0 Å². The molecule has 0 bridgehead atoms. The predicted octanol–water partition coefficient (Wildman–Crippen LogP) is 2.82. The van der Waals surface area contributed by atoms with Crippen molar-refractivity contribution in [2.45, 2.75) is 44.8 Å². The number of nitrogens with zero attached hydrogens (tertiary/aromatic N) is 2. The van der Waals surface area contributed by atoms with Gasteiger partial charge in [0.15, 0.2) is 22.8 Å². The number of hydrogen-bond donors (Lipinski definition) is 1. The Morgan fingerprint density at radius 2 is 1.87 bits per heavy atom. The van der Waals surface area contributed by atoms with Crippen molar-refractivity contribution in [1.82, 2.24) is 9.55 Å². The highest BCUT2D eigenvalue weighted by atomic mass is 79.9. The third kappa shape index (κ3) is 3.94. The van der Waals surface area contributed by atoms with E-state index in [1.165, 1.54) is 23.6 Å². The van der Waals surface area contributed by atoms with E-state index in [0.29, 0.717) is 11.0 Å². The molecule has 30 heavy (non-hydrogen) atoms. The molecule has 0 aliphatic carbocycles. The fourth-order valence-corrected chi connectivity index (χ4v) is 4.24. The lowest BCUT2D eigenvalue weighted by Gasteiger charge is -2.30. The van der Waals surface area contributed by atoms with Crippen molar-refractivity contribution in [2.24, 2.45) is 0 Å². The fourth-order valence-electron chi connectivity index (χ4n) is 3.34. The molecule has 0 radical (unpaired) electrons. The van der Waals surface area contributed by atoms with Gasteiger partial charge in [-0.2, -0.15) is 0 Å². The first-order valence-corrected chi connectivity index (χ1v) is 10.2. The minimum absolute atomic E-state index is 0.236. The molecule has 9 nitrogen and oxygen atoms in total. The van der Waals surface area contributed by atoms with E-state index >= 15 is 0 Å². The quantitative estimate of drug-likeness (QED) is 0.594. The minimum atomic E-state index is -1.92. The van der Waals surface area contributed by atoms with Crippen LogP contribution >= 0.6 is 39.1 Å². The number of benzene rings is 1. The standard InChI is InChI=1S/C18H17BrCl2N2O7/c1-7(24)18(6-28-8(2)25)15(29-9(3)26)14(27)16(30-18)23-13-5-11(21)10(20)4-12(13)22-17(23)19/h4-5,14-16,27H,6H2,1-3H3/t14-,15+,16-,18+/m1/s1. The lowest BCUT2D eigenvalue weighted by molar-refractivity contribution is -0.181. The highest BCUT2D eigenvalue weighted by molar-refractivity contribution is 9.10. The maximum atomic E-state index is 12.6. The number of hydrogen-bond acceptors (Lipinski definition) is 8. The average molecular weight is 524 g/mol. The van der Waals surface area contributed by atoms with Gasteiger partial charge in [0.2, 0.25) is 5.60 Å². The summed E-state index contributed by atoms with van der Waals surface area (Å²) in [6.45, 7) is 2.91. The molecule has 162 valence electrons. The Morgan fingerprint density at radius 1 is 1.23 bits per heavy atom. The number of ketones is 1. The molecule has 0 amide bonds. The Morgan fingerprint density at radius 3 is 2.43 bits per heavy atom. The molecule has 1 aromatic heterocycles. The Balaban J connectivity index is 2.15. The van der Waals surface area contributed by atoms with Gasteiger partial charge in [-0.25, -0.2) is 4.98 Å². The molecule has 1 saturated heterocycles. The Bertz CT molecular complexity index is 1040. The number of rotatable bonds is 5. The van der Waals surface area contributed by atoms with Crippen LogP contribution in [0.2, 0.25) is 10.0 Å². The number of esters is 2. The topological polar surface area (TPSA) is 117 Å². The lowest BCUT2D eigenvalue weighted by atomic mass is 9.91. The number of Topliss-reactive ketones (excluding diaryl/α,β-unsaturated/α-hetero) is 1. The molecule has 1 aromatic carbocycles. The lowest BCUT2D eigenvalue weighted by Crippen LogP contribution is -2.54. The number of aliphatic hydroxyl groups excluding tert-OH is 1. The third-order valence-electron chi connectivity index (χ3n) is 4.71. The number of imidazole rings is 1. The van der Waals surface area contributed by atoms with E-state index in [4.69, 9.17) is 37.4 Å². The van der Waals surface area contributed by atoms with Crippen LogP contribution in [0.4, 0.5) is 0 Å². The second-order valence-corrected chi connectivity index (χ2v) is 8.28. The first kappa shape index (κ1) is 23.0. The van der Waals surface area contributed by atoms with E-state index in [9.17, 15) is 19.5 Å². The van der Waals surface area contributed by atoms with Crippen LogP contribution in [0.1, 0.15) is 27.0 Å². The molecule has 0 spiro atoms.